The van der Waals surface area contributed by atoms with E-state index in [-0.39, 0.29) is 17.6 Å². The molecule has 0 aliphatic rings. The Kier molecular flexibility index (Phi) is 5.91. The molecule has 3 heteroatoms. The first-order valence-corrected chi connectivity index (χ1v) is 8.83. The highest BCUT2D eigenvalue weighted by molar-refractivity contribution is 5.94. The molecule has 3 nitrogen and oxygen atoms in total. The molecule has 0 saturated carbocycles. The van der Waals surface area contributed by atoms with Crippen molar-refractivity contribution in [3.8, 4) is 17.6 Å². The van der Waals surface area contributed by atoms with Gasteiger partial charge in [0.1, 0.15) is 5.75 Å². The van der Waals surface area contributed by atoms with Crippen LogP contribution in [0.1, 0.15) is 28.2 Å². The normalized spacial score (nSPS) is 10.1. The maximum absolute atomic E-state index is 12.2. The molecular formula is C24H21NO2. The van der Waals surface area contributed by atoms with Crippen LogP contribution in [0.2, 0.25) is 0 Å². The summed E-state index contributed by atoms with van der Waals surface area (Å²) in [6.45, 7) is 2.26. The number of nitrogens with one attached hydrogen (secondary N) is 1. The van der Waals surface area contributed by atoms with E-state index in [1.54, 1.807) is 25.1 Å². The Hall–Kier alpha value is -3.51. The number of carbonyl (C=O) groups is 1. The van der Waals surface area contributed by atoms with Gasteiger partial charge in [-0.05, 0) is 41.8 Å². The van der Waals surface area contributed by atoms with Crippen LogP contribution >= 0.6 is 0 Å². The molecule has 3 aromatic carbocycles. The van der Waals surface area contributed by atoms with E-state index in [1.807, 2.05) is 36.4 Å². The van der Waals surface area contributed by atoms with Gasteiger partial charge in [-0.15, -0.1) is 0 Å². The van der Waals surface area contributed by atoms with Gasteiger partial charge in [-0.3, -0.25) is 4.79 Å². The molecule has 0 radical (unpaired) electrons. The Bertz CT molecular complexity index is 930. The van der Waals surface area contributed by atoms with Crippen molar-refractivity contribution >= 4 is 5.91 Å². The highest BCUT2D eigenvalue weighted by Gasteiger charge is 2.14. The number of hydrogen-bond acceptors (Lipinski definition) is 2. The van der Waals surface area contributed by atoms with Crippen molar-refractivity contribution in [2.45, 2.75) is 12.8 Å². The lowest BCUT2D eigenvalue weighted by Gasteiger charge is -2.18. The van der Waals surface area contributed by atoms with Crippen LogP contribution in [0.25, 0.3) is 0 Å². The average Bonchev–Trinajstić information content (AvgIpc) is 2.71. The number of benzene rings is 3. The molecule has 0 saturated heterocycles. The monoisotopic (exact) mass is 355 g/mol. The maximum Gasteiger partial charge on any atom is 0.296 e. The molecule has 0 aliphatic carbocycles. The number of rotatable bonds is 4. The lowest BCUT2D eigenvalue weighted by molar-refractivity contribution is -0.115. The fourth-order valence-electron chi connectivity index (χ4n) is 2.90. The molecule has 3 aromatic rings. The fraction of sp³-hybridized carbons (Fsp3) is 0.125. The molecule has 0 aromatic heterocycles. The third-order valence-corrected chi connectivity index (χ3v) is 4.39. The zero-order valence-electron chi connectivity index (χ0n) is 15.1. The predicted octanol–water partition coefficient (Wildman–Crippen LogP) is 4.00. The van der Waals surface area contributed by atoms with Crippen LogP contribution in [-0.4, -0.2) is 17.6 Å². The first kappa shape index (κ1) is 18.3. The first-order chi connectivity index (χ1) is 13.1. The number of phenols is 1. The Morgan fingerprint density at radius 2 is 1.56 bits per heavy atom. The van der Waals surface area contributed by atoms with Crippen molar-refractivity contribution in [3.05, 3.63) is 101 Å². The van der Waals surface area contributed by atoms with Crippen LogP contribution in [0.3, 0.4) is 0 Å². The molecule has 0 bridgehead atoms. The number of amides is 1. The van der Waals surface area contributed by atoms with E-state index < -0.39 is 0 Å². The summed E-state index contributed by atoms with van der Waals surface area (Å²) in [5.74, 6) is 5.43. The fourth-order valence-corrected chi connectivity index (χ4v) is 2.90. The van der Waals surface area contributed by atoms with Crippen molar-refractivity contribution in [2.24, 2.45) is 0 Å². The Balaban J connectivity index is 1.71. The Morgan fingerprint density at radius 1 is 0.963 bits per heavy atom. The highest BCUT2D eigenvalue weighted by atomic mass is 16.3. The summed E-state index contributed by atoms with van der Waals surface area (Å²) in [5.41, 5.74) is 3.72. The molecule has 0 heterocycles. The van der Waals surface area contributed by atoms with E-state index in [2.05, 4.69) is 41.4 Å². The van der Waals surface area contributed by atoms with Crippen molar-refractivity contribution in [2.75, 3.05) is 6.54 Å². The van der Waals surface area contributed by atoms with Crippen LogP contribution in [0.5, 0.6) is 5.75 Å². The van der Waals surface area contributed by atoms with E-state index in [1.165, 1.54) is 0 Å². The van der Waals surface area contributed by atoms with Gasteiger partial charge in [-0.2, -0.15) is 0 Å². The summed E-state index contributed by atoms with van der Waals surface area (Å²) in [6.07, 6.45) is 0. The zero-order chi connectivity index (χ0) is 19.1. The second kappa shape index (κ2) is 8.73. The standard InChI is InChI=1S/C24H21NO2/c1-18-16-19(12-14-23(18)26)13-15-24(27)25-17-22(20-8-4-2-5-9-20)21-10-6-3-7-11-21/h2-12,14,16,22,26H,17H2,1H3,(H,25,27). The molecule has 1 amide bonds. The summed E-state index contributed by atoms with van der Waals surface area (Å²) in [6, 6.07) is 25.3. The van der Waals surface area contributed by atoms with E-state index in [9.17, 15) is 9.90 Å². The second-order valence-electron chi connectivity index (χ2n) is 6.34. The summed E-state index contributed by atoms with van der Waals surface area (Å²) < 4.78 is 0. The molecule has 2 N–H and O–H groups in total. The van der Waals surface area contributed by atoms with Crippen LogP contribution in [-0.2, 0) is 4.79 Å². The van der Waals surface area contributed by atoms with Crippen molar-refractivity contribution in [3.63, 3.8) is 0 Å². The van der Waals surface area contributed by atoms with Crippen LogP contribution in [0, 0.1) is 18.8 Å². The zero-order valence-corrected chi connectivity index (χ0v) is 15.1. The molecule has 0 spiro atoms. The minimum absolute atomic E-state index is 0.0640. The average molecular weight is 355 g/mol. The van der Waals surface area contributed by atoms with Gasteiger partial charge in [0.25, 0.3) is 5.91 Å². The van der Waals surface area contributed by atoms with Gasteiger partial charge in [0, 0.05) is 23.9 Å². The van der Waals surface area contributed by atoms with Crippen molar-refractivity contribution in [1.29, 1.82) is 0 Å². The number of aromatic hydroxyl groups is 1. The lowest BCUT2D eigenvalue weighted by Crippen LogP contribution is -2.27. The van der Waals surface area contributed by atoms with E-state index in [0.29, 0.717) is 12.1 Å². The first-order valence-electron chi connectivity index (χ1n) is 8.83. The second-order valence-corrected chi connectivity index (χ2v) is 6.34. The quantitative estimate of drug-likeness (QED) is 0.695. The minimum atomic E-state index is -0.322. The van der Waals surface area contributed by atoms with Gasteiger partial charge in [0.05, 0.1) is 0 Å². The molecular weight excluding hydrogens is 334 g/mol. The molecule has 0 atom stereocenters. The summed E-state index contributed by atoms with van der Waals surface area (Å²) in [5, 5.41) is 12.5. The van der Waals surface area contributed by atoms with E-state index >= 15 is 0 Å². The SMILES string of the molecule is Cc1cc(C#CC(=O)NCC(c2ccccc2)c2ccccc2)ccc1O. The summed E-state index contributed by atoms with van der Waals surface area (Å²) >= 11 is 0. The smallest absolute Gasteiger partial charge is 0.296 e. The van der Waals surface area contributed by atoms with Crippen LogP contribution in [0.15, 0.2) is 78.9 Å². The topological polar surface area (TPSA) is 49.3 Å². The molecule has 3 rings (SSSR count). The third-order valence-electron chi connectivity index (χ3n) is 4.39. The Labute approximate surface area is 159 Å². The largest absolute Gasteiger partial charge is 0.508 e. The van der Waals surface area contributed by atoms with Gasteiger partial charge < -0.3 is 10.4 Å². The van der Waals surface area contributed by atoms with Crippen LogP contribution in [0.4, 0.5) is 0 Å². The minimum Gasteiger partial charge on any atom is -0.508 e. The summed E-state index contributed by atoms with van der Waals surface area (Å²) in [4.78, 5) is 12.2. The van der Waals surface area contributed by atoms with Gasteiger partial charge >= 0.3 is 0 Å². The number of carbonyl (C=O) groups excluding carboxylic acids is 1. The molecule has 0 unspecified atom stereocenters. The van der Waals surface area contributed by atoms with Gasteiger partial charge in [-0.25, -0.2) is 0 Å². The summed E-state index contributed by atoms with van der Waals surface area (Å²) in [7, 11) is 0. The lowest BCUT2D eigenvalue weighted by atomic mass is 9.91. The van der Waals surface area contributed by atoms with E-state index in [4.69, 9.17) is 0 Å². The molecule has 27 heavy (non-hydrogen) atoms. The van der Waals surface area contributed by atoms with Gasteiger partial charge in [0.15, 0.2) is 0 Å². The molecule has 0 fully saturated rings. The number of hydrogen-bond donors (Lipinski definition) is 2. The maximum atomic E-state index is 12.2. The van der Waals surface area contributed by atoms with E-state index in [0.717, 1.165) is 16.7 Å². The number of aryl methyl sites for hydroxylation is 1. The van der Waals surface area contributed by atoms with Gasteiger partial charge in [0.2, 0.25) is 0 Å². The van der Waals surface area contributed by atoms with Crippen LogP contribution < -0.4 is 5.32 Å². The number of phenolic OH excluding ortho intramolecular Hbond substituents is 1. The van der Waals surface area contributed by atoms with Crippen molar-refractivity contribution in [1.82, 2.24) is 5.32 Å². The Morgan fingerprint density at radius 3 is 2.11 bits per heavy atom. The van der Waals surface area contributed by atoms with Crippen molar-refractivity contribution < 1.29 is 9.90 Å². The predicted molar refractivity (Wildman–Crippen MR) is 107 cm³/mol. The van der Waals surface area contributed by atoms with Gasteiger partial charge in [-0.1, -0.05) is 66.6 Å². The molecule has 134 valence electrons. The third kappa shape index (κ3) is 4.99. The highest BCUT2D eigenvalue weighted by Crippen LogP contribution is 2.23. The molecule has 0 aliphatic heterocycles.